The zero-order valence-electron chi connectivity index (χ0n) is 20.1. The number of carbonyl (C=O) groups is 1. The molecule has 7 heteroatoms. The number of aromatic nitrogens is 4. The Morgan fingerprint density at radius 2 is 1.94 bits per heavy atom. The fourth-order valence-corrected chi connectivity index (χ4v) is 4.64. The van der Waals surface area contributed by atoms with Crippen LogP contribution in [0.25, 0.3) is 0 Å². The van der Waals surface area contributed by atoms with E-state index in [9.17, 15) is 4.79 Å². The molecule has 33 heavy (non-hydrogen) atoms. The minimum absolute atomic E-state index is 0.0595. The maximum atomic E-state index is 13.1. The molecule has 0 unspecified atom stereocenters. The van der Waals surface area contributed by atoms with Gasteiger partial charge in [0, 0.05) is 67.1 Å². The number of carbonyl (C=O) groups excluding carboxylic acids is 1. The molecule has 0 aromatic carbocycles. The van der Waals surface area contributed by atoms with Crippen LogP contribution in [0.5, 0.6) is 0 Å². The van der Waals surface area contributed by atoms with Gasteiger partial charge in [-0.15, -0.1) is 0 Å². The van der Waals surface area contributed by atoms with Gasteiger partial charge in [0.25, 0.3) is 0 Å². The largest absolute Gasteiger partial charge is 0.342 e. The third kappa shape index (κ3) is 5.59. The van der Waals surface area contributed by atoms with Crippen LogP contribution < -0.4 is 5.32 Å². The number of hydrogen-bond acceptors (Lipinski definition) is 5. The molecule has 0 aliphatic carbocycles. The number of piperidine rings is 1. The summed E-state index contributed by atoms with van der Waals surface area (Å²) in [7, 11) is 0. The van der Waals surface area contributed by atoms with Crippen LogP contribution in [0.15, 0.2) is 42.7 Å². The van der Waals surface area contributed by atoms with E-state index in [0.29, 0.717) is 12.5 Å². The lowest BCUT2D eigenvalue weighted by atomic mass is 9.92. The second kappa shape index (κ2) is 10.1. The van der Waals surface area contributed by atoms with E-state index in [4.69, 9.17) is 4.98 Å². The highest BCUT2D eigenvalue weighted by Crippen LogP contribution is 2.30. The second-order valence-electron chi connectivity index (χ2n) is 9.06. The van der Waals surface area contributed by atoms with Crippen molar-refractivity contribution in [2.45, 2.75) is 59.4 Å². The Bertz CT molecular complexity index is 1100. The SMILES string of the molecule is CCc1nccn1C[C@H](C)C(=O)N1CCC(c2cc(Nc3cccc(C)n3)cc(C)n2)CC1. The molecule has 174 valence electrons. The summed E-state index contributed by atoms with van der Waals surface area (Å²) < 4.78 is 2.10. The maximum absolute atomic E-state index is 13.1. The molecule has 7 nitrogen and oxygen atoms in total. The van der Waals surface area contributed by atoms with E-state index in [1.54, 1.807) is 0 Å². The lowest BCUT2D eigenvalue weighted by Gasteiger charge is -2.33. The van der Waals surface area contributed by atoms with Crippen molar-refractivity contribution in [1.82, 2.24) is 24.4 Å². The first-order chi connectivity index (χ1) is 15.9. The van der Waals surface area contributed by atoms with Gasteiger partial charge in [0.05, 0.1) is 5.92 Å². The van der Waals surface area contributed by atoms with Gasteiger partial charge in [0.1, 0.15) is 11.6 Å². The quantitative estimate of drug-likeness (QED) is 0.572. The van der Waals surface area contributed by atoms with E-state index >= 15 is 0 Å². The molecule has 3 aromatic heterocycles. The molecule has 1 amide bonds. The maximum Gasteiger partial charge on any atom is 0.227 e. The van der Waals surface area contributed by atoms with Gasteiger partial charge in [-0.1, -0.05) is 19.9 Å². The monoisotopic (exact) mass is 446 g/mol. The lowest BCUT2D eigenvalue weighted by Crippen LogP contribution is -2.41. The Morgan fingerprint density at radius 3 is 2.67 bits per heavy atom. The summed E-state index contributed by atoms with van der Waals surface area (Å²) >= 11 is 0. The molecule has 4 rings (SSSR count). The summed E-state index contributed by atoms with van der Waals surface area (Å²) in [5, 5.41) is 3.41. The summed E-state index contributed by atoms with van der Waals surface area (Å²) in [6, 6.07) is 10.1. The normalized spacial score (nSPS) is 15.5. The van der Waals surface area contributed by atoms with E-state index in [1.807, 2.05) is 56.3 Å². The third-order valence-electron chi connectivity index (χ3n) is 6.37. The van der Waals surface area contributed by atoms with Crippen molar-refractivity contribution >= 4 is 17.4 Å². The molecule has 1 atom stereocenters. The minimum atomic E-state index is -0.0595. The standard InChI is InChI=1S/C26H34N6O/c1-5-25-27-11-14-32(25)17-18(2)26(33)31-12-9-21(10-13-31)23-16-22(15-20(4)28-23)30-24-8-6-7-19(3)29-24/h6-8,11,14-16,18,21H,5,9-10,12-13,17H2,1-4H3,(H,28,29,30)/t18-/m0/s1. The molecular weight excluding hydrogens is 412 g/mol. The van der Waals surface area contributed by atoms with Crippen LogP contribution in [0.3, 0.4) is 0 Å². The third-order valence-corrected chi connectivity index (χ3v) is 6.37. The molecule has 0 bridgehead atoms. The van der Waals surface area contributed by atoms with Gasteiger partial charge in [-0.25, -0.2) is 9.97 Å². The van der Waals surface area contributed by atoms with Crippen LogP contribution >= 0.6 is 0 Å². The second-order valence-corrected chi connectivity index (χ2v) is 9.06. The van der Waals surface area contributed by atoms with Crippen molar-refractivity contribution in [3.63, 3.8) is 0 Å². The number of anilines is 2. The van der Waals surface area contributed by atoms with Gasteiger partial charge in [-0.05, 0) is 51.0 Å². The average Bonchev–Trinajstić information content (AvgIpc) is 3.25. The van der Waals surface area contributed by atoms with Gasteiger partial charge in [-0.3, -0.25) is 9.78 Å². The van der Waals surface area contributed by atoms with Crippen molar-refractivity contribution in [3.05, 3.63) is 65.6 Å². The summed E-state index contributed by atoms with van der Waals surface area (Å²) in [5.41, 5.74) is 4.07. The number of nitrogens with zero attached hydrogens (tertiary/aromatic N) is 5. The molecule has 1 N–H and O–H groups in total. The first-order valence-electron chi connectivity index (χ1n) is 11.9. The van der Waals surface area contributed by atoms with Crippen molar-refractivity contribution in [1.29, 1.82) is 0 Å². The van der Waals surface area contributed by atoms with Crippen molar-refractivity contribution in [2.24, 2.45) is 5.92 Å². The topological polar surface area (TPSA) is 75.9 Å². The van der Waals surface area contributed by atoms with Gasteiger partial charge < -0.3 is 14.8 Å². The number of likely N-dealkylation sites (tertiary alicyclic amines) is 1. The Hall–Kier alpha value is -3.22. The van der Waals surface area contributed by atoms with E-state index in [1.165, 1.54) is 0 Å². The van der Waals surface area contributed by atoms with Gasteiger partial charge in [-0.2, -0.15) is 0 Å². The van der Waals surface area contributed by atoms with E-state index < -0.39 is 0 Å². The molecule has 3 aromatic rings. The molecule has 4 heterocycles. The Balaban J connectivity index is 1.37. The predicted molar refractivity (Wildman–Crippen MR) is 131 cm³/mol. The summed E-state index contributed by atoms with van der Waals surface area (Å²) in [4.78, 5) is 28.8. The number of nitrogens with one attached hydrogen (secondary N) is 1. The van der Waals surface area contributed by atoms with Crippen molar-refractivity contribution in [3.8, 4) is 0 Å². The van der Waals surface area contributed by atoms with Gasteiger partial charge in [0.15, 0.2) is 0 Å². The first kappa shape index (κ1) is 23.0. The Morgan fingerprint density at radius 1 is 1.15 bits per heavy atom. The average molecular weight is 447 g/mol. The van der Waals surface area contributed by atoms with Gasteiger partial charge in [0.2, 0.25) is 5.91 Å². The zero-order valence-corrected chi connectivity index (χ0v) is 20.1. The molecule has 0 radical (unpaired) electrons. The number of imidazole rings is 1. The van der Waals surface area contributed by atoms with Crippen molar-refractivity contribution < 1.29 is 4.79 Å². The molecular formula is C26H34N6O. The number of aryl methyl sites for hydroxylation is 3. The number of amides is 1. The highest BCUT2D eigenvalue weighted by molar-refractivity contribution is 5.78. The summed E-state index contributed by atoms with van der Waals surface area (Å²) in [6.45, 7) is 10.4. The van der Waals surface area contributed by atoms with Gasteiger partial charge >= 0.3 is 0 Å². The Labute approximate surface area is 196 Å². The van der Waals surface area contributed by atoms with Crippen LogP contribution in [0.2, 0.25) is 0 Å². The summed E-state index contributed by atoms with van der Waals surface area (Å²) in [5.74, 6) is 2.40. The van der Waals surface area contributed by atoms with Crippen LogP contribution in [-0.4, -0.2) is 43.4 Å². The first-order valence-corrected chi connectivity index (χ1v) is 11.9. The fourth-order valence-electron chi connectivity index (χ4n) is 4.64. The summed E-state index contributed by atoms with van der Waals surface area (Å²) in [6.07, 6.45) is 6.52. The Kier molecular flexibility index (Phi) is 7.06. The van der Waals surface area contributed by atoms with Crippen LogP contribution in [-0.2, 0) is 17.8 Å². The highest BCUT2D eigenvalue weighted by Gasteiger charge is 2.28. The molecule has 0 spiro atoms. The van der Waals surface area contributed by atoms with Crippen LogP contribution in [0.1, 0.15) is 55.5 Å². The van der Waals surface area contributed by atoms with E-state index in [0.717, 1.165) is 66.8 Å². The zero-order chi connectivity index (χ0) is 23.4. The predicted octanol–water partition coefficient (Wildman–Crippen LogP) is 4.64. The molecule has 1 saturated heterocycles. The van der Waals surface area contributed by atoms with Crippen molar-refractivity contribution in [2.75, 3.05) is 18.4 Å². The molecule has 1 fully saturated rings. The molecule has 0 saturated carbocycles. The lowest BCUT2D eigenvalue weighted by molar-refractivity contribution is -0.136. The number of hydrogen-bond donors (Lipinski definition) is 1. The highest BCUT2D eigenvalue weighted by atomic mass is 16.2. The van der Waals surface area contributed by atoms with E-state index in [-0.39, 0.29) is 11.8 Å². The van der Waals surface area contributed by atoms with Crippen LogP contribution in [0.4, 0.5) is 11.5 Å². The smallest absolute Gasteiger partial charge is 0.227 e. The molecule has 1 aliphatic heterocycles. The molecule has 1 aliphatic rings. The minimum Gasteiger partial charge on any atom is -0.342 e. The fraction of sp³-hybridized carbons (Fsp3) is 0.462. The van der Waals surface area contributed by atoms with Crippen LogP contribution in [0, 0.1) is 19.8 Å². The van der Waals surface area contributed by atoms with E-state index in [2.05, 4.69) is 38.9 Å². The number of pyridine rings is 2. The number of rotatable bonds is 7.